The maximum Gasteiger partial charge on any atom is 0.265 e. The highest BCUT2D eigenvalue weighted by molar-refractivity contribution is 5.80. The van der Waals surface area contributed by atoms with Crippen LogP contribution in [0.2, 0.25) is 0 Å². The number of carbonyl (C=O) groups is 1. The Balaban J connectivity index is 2.37. The van der Waals surface area contributed by atoms with Crippen LogP contribution in [0, 0.1) is 0 Å². The number of hydrogen-bond acceptors (Lipinski definition) is 4. The van der Waals surface area contributed by atoms with Gasteiger partial charge < -0.3 is 9.52 Å². The van der Waals surface area contributed by atoms with E-state index in [1.165, 1.54) is 12.5 Å². The van der Waals surface area contributed by atoms with E-state index in [4.69, 9.17) is 9.52 Å². The van der Waals surface area contributed by atoms with Crippen molar-refractivity contribution < 1.29 is 14.3 Å². The van der Waals surface area contributed by atoms with Crippen molar-refractivity contribution in [3.8, 4) is 0 Å². The number of furan rings is 1. The van der Waals surface area contributed by atoms with Gasteiger partial charge in [-0.2, -0.15) is 5.10 Å². The molecule has 5 heteroatoms. The van der Waals surface area contributed by atoms with Gasteiger partial charge in [0.05, 0.1) is 12.5 Å². The molecule has 1 amide bonds. The van der Waals surface area contributed by atoms with Crippen molar-refractivity contribution in [3.05, 3.63) is 24.2 Å². The van der Waals surface area contributed by atoms with Crippen molar-refractivity contribution in [2.75, 3.05) is 6.61 Å². The first-order chi connectivity index (χ1) is 5.83. The minimum Gasteiger partial charge on any atom is -0.463 e. The molecule has 0 spiro atoms. The summed E-state index contributed by atoms with van der Waals surface area (Å²) in [6, 6.07) is 3.39. The molecule has 0 unspecified atom stereocenters. The first kappa shape index (κ1) is 8.48. The predicted octanol–water partition coefficient (Wildman–Crippen LogP) is -0.278. The molecule has 0 aliphatic rings. The van der Waals surface area contributed by atoms with E-state index >= 15 is 0 Å². The Morgan fingerprint density at radius 1 is 1.83 bits per heavy atom. The zero-order valence-corrected chi connectivity index (χ0v) is 6.23. The minimum absolute atomic E-state index is 0.535. The molecule has 12 heavy (non-hydrogen) atoms. The summed E-state index contributed by atoms with van der Waals surface area (Å²) < 4.78 is 4.89. The maximum absolute atomic E-state index is 10.4. The number of aliphatic hydroxyl groups is 1. The van der Waals surface area contributed by atoms with Crippen LogP contribution in [-0.2, 0) is 4.79 Å². The highest BCUT2D eigenvalue weighted by Gasteiger charge is 1.93. The number of rotatable bonds is 3. The molecule has 1 aromatic rings. The third-order valence-electron chi connectivity index (χ3n) is 1.07. The van der Waals surface area contributed by atoms with Crippen molar-refractivity contribution in [2.24, 2.45) is 5.10 Å². The van der Waals surface area contributed by atoms with Crippen LogP contribution in [0.3, 0.4) is 0 Å². The smallest absolute Gasteiger partial charge is 0.265 e. The molecular weight excluding hydrogens is 160 g/mol. The molecule has 64 valence electrons. The lowest BCUT2D eigenvalue weighted by Gasteiger charge is -1.91. The lowest BCUT2D eigenvalue weighted by Crippen LogP contribution is -2.20. The molecule has 0 aromatic carbocycles. The summed E-state index contributed by atoms with van der Waals surface area (Å²) in [6.45, 7) is -0.574. The summed E-state index contributed by atoms with van der Waals surface area (Å²) in [5, 5.41) is 11.8. The van der Waals surface area contributed by atoms with E-state index in [9.17, 15) is 4.79 Å². The van der Waals surface area contributed by atoms with Crippen molar-refractivity contribution in [3.63, 3.8) is 0 Å². The van der Waals surface area contributed by atoms with Crippen LogP contribution in [0.5, 0.6) is 0 Å². The number of amides is 1. The molecule has 5 nitrogen and oxygen atoms in total. The van der Waals surface area contributed by atoms with E-state index in [1.54, 1.807) is 12.1 Å². The lowest BCUT2D eigenvalue weighted by atomic mass is 10.5. The van der Waals surface area contributed by atoms with Crippen LogP contribution in [0.15, 0.2) is 27.9 Å². The molecule has 1 rings (SSSR count). The highest BCUT2D eigenvalue weighted by Crippen LogP contribution is 1.93. The van der Waals surface area contributed by atoms with Crippen molar-refractivity contribution in [1.82, 2.24) is 5.43 Å². The van der Waals surface area contributed by atoms with Gasteiger partial charge in [0, 0.05) is 0 Å². The monoisotopic (exact) mass is 168 g/mol. The lowest BCUT2D eigenvalue weighted by molar-refractivity contribution is -0.123. The average Bonchev–Trinajstić information content (AvgIpc) is 2.57. The van der Waals surface area contributed by atoms with Gasteiger partial charge in [0.25, 0.3) is 5.91 Å². The fourth-order valence-electron chi connectivity index (χ4n) is 0.568. The summed E-state index contributed by atoms with van der Waals surface area (Å²) in [6.07, 6.45) is 2.84. The fourth-order valence-corrected chi connectivity index (χ4v) is 0.568. The molecule has 2 N–H and O–H groups in total. The maximum atomic E-state index is 10.4. The topological polar surface area (TPSA) is 74.8 Å². The summed E-state index contributed by atoms with van der Waals surface area (Å²) in [5.74, 6) is -0.0222. The summed E-state index contributed by atoms with van der Waals surface area (Å²) in [4.78, 5) is 10.4. The SMILES string of the molecule is O=C(CO)N/N=C\c1ccco1. The molecule has 0 saturated heterocycles. The number of hydrogen-bond donors (Lipinski definition) is 2. The molecule has 0 atom stereocenters. The quantitative estimate of drug-likeness (QED) is 0.481. The van der Waals surface area contributed by atoms with Crippen LogP contribution in [-0.4, -0.2) is 23.8 Å². The van der Waals surface area contributed by atoms with Gasteiger partial charge in [0.15, 0.2) is 0 Å². The zero-order chi connectivity index (χ0) is 8.81. The molecule has 1 heterocycles. The van der Waals surface area contributed by atoms with Crippen LogP contribution in [0.25, 0.3) is 0 Å². The molecule has 0 aliphatic heterocycles. The number of nitrogens with zero attached hydrogens (tertiary/aromatic N) is 1. The second-order valence-electron chi connectivity index (χ2n) is 1.97. The zero-order valence-electron chi connectivity index (χ0n) is 6.23. The van der Waals surface area contributed by atoms with E-state index in [2.05, 4.69) is 10.5 Å². The molecule has 0 radical (unpaired) electrons. The summed E-state index contributed by atoms with van der Waals surface area (Å²) in [5.41, 5.74) is 2.09. The van der Waals surface area contributed by atoms with E-state index < -0.39 is 12.5 Å². The number of carbonyl (C=O) groups excluding carboxylic acids is 1. The fraction of sp³-hybridized carbons (Fsp3) is 0.143. The summed E-state index contributed by atoms with van der Waals surface area (Å²) >= 11 is 0. The second kappa shape index (κ2) is 4.30. The van der Waals surface area contributed by atoms with Gasteiger partial charge in [-0.1, -0.05) is 0 Å². The Labute approximate surface area is 68.7 Å². The third kappa shape index (κ3) is 2.55. The van der Waals surface area contributed by atoms with Crippen LogP contribution >= 0.6 is 0 Å². The highest BCUT2D eigenvalue weighted by atomic mass is 16.3. The van der Waals surface area contributed by atoms with Crippen LogP contribution in [0.4, 0.5) is 0 Å². The molecule has 0 aliphatic carbocycles. The van der Waals surface area contributed by atoms with E-state index in [1.807, 2.05) is 0 Å². The molecule has 0 bridgehead atoms. The Bertz CT molecular complexity index is 266. The van der Waals surface area contributed by atoms with Gasteiger partial charge >= 0.3 is 0 Å². The molecule has 1 aromatic heterocycles. The van der Waals surface area contributed by atoms with Gasteiger partial charge in [-0.05, 0) is 12.1 Å². The van der Waals surface area contributed by atoms with E-state index in [0.717, 1.165) is 0 Å². The summed E-state index contributed by atoms with van der Waals surface area (Å²) in [7, 11) is 0. The number of aliphatic hydroxyl groups excluding tert-OH is 1. The van der Waals surface area contributed by atoms with Gasteiger partial charge in [-0.3, -0.25) is 4.79 Å². The first-order valence-electron chi connectivity index (χ1n) is 3.29. The predicted molar refractivity (Wildman–Crippen MR) is 41.5 cm³/mol. The van der Waals surface area contributed by atoms with Crippen molar-refractivity contribution in [2.45, 2.75) is 0 Å². The Hall–Kier alpha value is -1.62. The van der Waals surface area contributed by atoms with E-state index in [0.29, 0.717) is 5.76 Å². The largest absolute Gasteiger partial charge is 0.463 e. The normalized spacial score (nSPS) is 10.4. The van der Waals surface area contributed by atoms with Gasteiger partial charge in [0.1, 0.15) is 12.4 Å². The Kier molecular flexibility index (Phi) is 3.04. The Morgan fingerprint density at radius 3 is 3.25 bits per heavy atom. The van der Waals surface area contributed by atoms with Crippen LogP contribution in [0.1, 0.15) is 5.76 Å². The van der Waals surface area contributed by atoms with Gasteiger partial charge in [-0.15, -0.1) is 0 Å². The van der Waals surface area contributed by atoms with Crippen molar-refractivity contribution in [1.29, 1.82) is 0 Å². The second-order valence-corrected chi connectivity index (χ2v) is 1.97. The number of nitrogens with one attached hydrogen (secondary N) is 1. The Morgan fingerprint density at radius 2 is 2.67 bits per heavy atom. The van der Waals surface area contributed by atoms with Crippen molar-refractivity contribution >= 4 is 12.1 Å². The molecule has 0 saturated carbocycles. The minimum atomic E-state index is -0.574. The van der Waals surface area contributed by atoms with Crippen LogP contribution < -0.4 is 5.43 Å². The van der Waals surface area contributed by atoms with E-state index in [-0.39, 0.29) is 0 Å². The first-order valence-corrected chi connectivity index (χ1v) is 3.29. The van der Waals surface area contributed by atoms with Gasteiger partial charge in [-0.25, -0.2) is 5.43 Å². The molecule has 0 fully saturated rings. The third-order valence-corrected chi connectivity index (χ3v) is 1.07. The average molecular weight is 168 g/mol. The standard InChI is InChI=1S/C7H8N2O3/c10-5-7(11)9-8-4-6-2-1-3-12-6/h1-4,10H,5H2,(H,9,11)/b8-4-. The molecular formula is C7H8N2O3. The number of hydrazone groups is 1. The van der Waals surface area contributed by atoms with Gasteiger partial charge in [0.2, 0.25) is 0 Å².